The zero-order valence-corrected chi connectivity index (χ0v) is 6.91. The van der Waals surface area contributed by atoms with Crippen LogP contribution in [-0.2, 0) is 11.4 Å². The van der Waals surface area contributed by atoms with E-state index >= 15 is 0 Å². The van der Waals surface area contributed by atoms with Crippen molar-refractivity contribution in [2.24, 2.45) is 0 Å². The van der Waals surface area contributed by atoms with Gasteiger partial charge in [-0.3, -0.25) is 0 Å². The summed E-state index contributed by atoms with van der Waals surface area (Å²) in [4.78, 5) is 28.0. The summed E-state index contributed by atoms with van der Waals surface area (Å²) in [6.07, 6.45) is 1.29. The third-order valence-corrected chi connectivity index (χ3v) is 1.42. The van der Waals surface area contributed by atoms with Crippen molar-refractivity contribution in [1.82, 2.24) is 4.98 Å². The van der Waals surface area contributed by atoms with Crippen LogP contribution in [0.2, 0.25) is 0 Å². The molecule has 1 aromatic heterocycles. The van der Waals surface area contributed by atoms with Gasteiger partial charge in [0.25, 0.3) is 5.09 Å². The maximum atomic E-state index is 10.6. The molecule has 0 amide bonds. The minimum atomic E-state index is -1.24. The highest BCUT2D eigenvalue weighted by atomic mass is 16.9. The summed E-state index contributed by atoms with van der Waals surface area (Å²) in [5.41, 5.74) is -0.0777. The topological polar surface area (TPSA) is 103 Å². The second-order valence-corrected chi connectivity index (χ2v) is 2.31. The molecule has 0 unspecified atom stereocenters. The Morgan fingerprint density at radius 2 is 2.43 bits per heavy atom. The van der Waals surface area contributed by atoms with Gasteiger partial charge in [-0.15, -0.1) is 10.1 Å². The van der Waals surface area contributed by atoms with Crippen molar-refractivity contribution >= 4 is 5.97 Å². The van der Waals surface area contributed by atoms with E-state index in [1.807, 2.05) is 0 Å². The fraction of sp³-hybridized carbons (Fsp3) is 0.143. The van der Waals surface area contributed by atoms with Crippen LogP contribution in [0.1, 0.15) is 16.1 Å². The first kappa shape index (κ1) is 9.90. The van der Waals surface area contributed by atoms with Gasteiger partial charge >= 0.3 is 5.97 Å². The first-order valence-corrected chi connectivity index (χ1v) is 3.55. The van der Waals surface area contributed by atoms with E-state index in [0.717, 1.165) is 0 Å². The second-order valence-electron chi connectivity index (χ2n) is 2.31. The fourth-order valence-electron chi connectivity index (χ4n) is 0.870. The van der Waals surface area contributed by atoms with Crippen LogP contribution >= 0.6 is 0 Å². The number of rotatable bonds is 4. The van der Waals surface area contributed by atoms with Gasteiger partial charge in [0.1, 0.15) is 6.61 Å². The Hall–Kier alpha value is -2.18. The van der Waals surface area contributed by atoms with Gasteiger partial charge in [0, 0.05) is 11.8 Å². The summed E-state index contributed by atoms with van der Waals surface area (Å²) in [5.74, 6) is -1.24. The van der Waals surface area contributed by atoms with Gasteiger partial charge in [-0.05, 0) is 6.07 Å². The molecule has 0 fully saturated rings. The van der Waals surface area contributed by atoms with E-state index in [4.69, 9.17) is 5.11 Å². The minimum Gasteiger partial charge on any atom is -0.477 e. The highest BCUT2D eigenvalue weighted by Gasteiger charge is 2.11. The molecule has 1 aromatic rings. The molecule has 0 saturated carbocycles. The molecule has 14 heavy (non-hydrogen) atoms. The van der Waals surface area contributed by atoms with Crippen molar-refractivity contribution in [3.8, 4) is 0 Å². The molecular formula is C7H6N2O5. The number of hydrogen-bond acceptors (Lipinski definition) is 5. The molecule has 0 aromatic carbocycles. The Labute approximate surface area is 78.1 Å². The number of aromatic nitrogens is 1. The Morgan fingerprint density at radius 3 is 3.00 bits per heavy atom. The lowest BCUT2D eigenvalue weighted by Gasteiger charge is -2.02. The van der Waals surface area contributed by atoms with Crippen LogP contribution in [0.25, 0.3) is 0 Å². The number of pyridine rings is 1. The number of hydrogen-bond donors (Lipinski definition) is 1. The Balaban J connectivity index is 2.84. The molecule has 0 radical (unpaired) electrons. The van der Waals surface area contributed by atoms with Crippen LogP contribution in [0, 0.1) is 10.1 Å². The molecule has 0 atom stereocenters. The first-order valence-electron chi connectivity index (χ1n) is 3.55. The van der Waals surface area contributed by atoms with Gasteiger partial charge in [-0.25, -0.2) is 9.78 Å². The summed E-state index contributed by atoms with van der Waals surface area (Å²) in [7, 11) is 0. The number of aromatic carboxylic acids is 1. The summed E-state index contributed by atoms with van der Waals surface area (Å²) in [5, 5.41) is 17.5. The smallest absolute Gasteiger partial charge is 0.354 e. The average Bonchev–Trinajstić information content (AvgIpc) is 2.15. The molecule has 74 valence electrons. The van der Waals surface area contributed by atoms with Crippen molar-refractivity contribution in [2.75, 3.05) is 0 Å². The molecule has 1 rings (SSSR count). The molecular weight excluding hydrogens is 192 g/mol. The Morgan fingerprint density at radius 1 is 1.71 bits per heavy atom. The van der Waals surface area contributed by atoms with Crippen molar-refractivity contribution in [1.29, 1.82) is 0 Å². The monoisotopic (exact) mass is 198 g/mol. The molecule has 0 aliphatic carbocycles. The third kappa shape index (κ3) is 2.41. The fourth-order valence-corrected chi connectivity index (χ4v) is 0.870. The average molecular weight is 198 g/mol. The lowest BCUT2D eigenvalue weighted by atomic mass is 10.2. The maximum absolute atomic E-state index is 10.6. The highest BCUT2D eigenvalue weighted by Crippen LogP contribution is 2.06. The quantitative estimate of drug-likeness (QED) is 0.557. The summed E-state index contributed by atoms with van der Waals surface area (Å²) < 4.78 is 0. The zero-order chi connectivity index (χ0) is 10.6. The standard InChI is InChI=1S/C7H6N2O5/c10-7(11)6-5(2-1-3-8-6)4-14-9(12)13/h1-3H,4H2,(H,10,11). The zero-order valence-electron chi connectivity index (χ0n) is 6.91. The Kier molecular flexibility index (Phi) is 2.95. The first-order chi connectivity index (χ1) is 6.61. The van der Waals surface area contributed by atoms with Crippen molar-refractivity contribution in [3.05, 3.63) is 39.7 Å². The van der Waals surface area contributed by atoms with Gasteiger partial charge < -0.3 is 9.94 Å². The van der Waals surface area contributed by atoms with Crippen LogP contribution in [-0.4, -0.2) is 21.1 Å². The molecule has 1 N–H and O–H groups in total. The summed E-state index contributed by atoms with van der Waals surface area (Å²) >= 11 is 0. The van der Waals surface area contributed by atoms with E-state index in [9.17, 15) is 14.9 Å². The predicted molar refractivity (Wildman–Crippen MR) is 43.0 cm³/mol. The van der Waals surface area contributed by atoms with Crippen molar-refractivity contribution in [3.63, 3.8) is 0 Å². The van der Waals surface area contributed by atoms with E-state index in [1.165, 1.54) is 18.3 Å². The van der Waals surface area contributed by atoms with Gasteiger partial charge in [-0.1, -0.05) is 6.07 Å². The number of nitrogens with zero attached hydrogens (tertiary/aromatic N) is 2. The van der Waals surface area contributed by atoms with E-state index in [0.29, 0.717) is 0 Å². The van der Waals surface area contributed by atoms with E-state index < -0.39 is 17.7 Å². The molecule has 7 heteroatoms. The van der Waals surface area contributed by atoms with Crippen LogP contribution in [0.5, 0.6) is 0 Å². The number of carboxylic acid groups (broad SMARTS) is 1. The predicted octanol–water partition coefficient (Wildman–Crippen LogP) is 0.488. The van der Waals surface area contributed by atoms with Gasteiger partial charge in [0.2, 0.25) is 0 Å². The van der Waals surface area contributed by atoms with Gasteiger partial charge in [0.05, 0.1) is 0 Å². The van der Waals surface area contributed by atoms with E-state index in [2.05, 4.69) is 9.82 Å². The molecule has 0 bridgehead atoms. The minimum absolute atomic E-state index is 0.164. The van der Waals surface area contributed by atoms with Crippen molar-refractivity contribution < 1.29 is 19.8 Å². The normalized spacial score (nSPS) is 9.43. The highest BCUT2D eigenvalue weighted by molar-refractivity contribution is 5.86. The summed E-state index contributed by atoms with van der Waals surface area (Å²) in [6.45, 7) is -0.414. The maximum Gasteiger partial charge on any atom is 0.354 e. The SMILES string of the molecule is O=C(O)c1ncccc1CO[N+](=O)[O-]. The summed E-state index contributed by atoms with van der Waals surface area (Å²) in [6, 6.07) is 2.88. The molecule has 0 saturated heterocycles. The van der Waals surface area contributed by atoms with E-state index in [-0.39, 0.29) is 11.3 Å². The van der Waals surface area contributed by atoms with Gasteiger partial charge in [-0.2, -0.15) is 0 Å². The molecule has 0 aliphatic heterocycles. The molecule has 7 nitrogen and oxygen atoms in total. The number of carboxylic acids is 1. The number of carbonyl (C=O) groups is 1. The lowest BCUT2D eigenvalue weighted by molar-refractivity contribution is -0.763. The largest absolute Gasteiger partial charge is 0.477 e. The molecule has 1 heterocycles. The molecule has 0 aliphatic rings. The van der Waals surface area contributed by atoms with Crippen LogP contribution in [0.3, 0.4) is 0 Å². The Bertz CT molecular complexity index is 365. The van der Waals surface area contributed by atoms with Gasteiger partial charge in [0.15, 0.2) is 5.69 Å². The second kappa shape index (κ2) is 4.17. The van der Waals surface area contributed by atoms with Crippen molar-refractivity contribution in [2.45, 2.75) is 6.61 Å². The van der Waals surface area contributed by atoms with Crippen LogP contribution in [0.4, 0.5) is 0 Å². The van der Waals surface area contributed by atoms with Crippen LogP contribution in [0.15, 0.2) is 18.3 Å². The van der Waals surface area contributed by atoms with E-state index in [1.54, 1.807) is 0 Å². The lowest BCUT2D eigenvalue weighted by Crippen LogP contribution is -2.08. The molecule has 0 spiro atoms. The van der Waals surface area contributed by atoms with Crippen LogP contribution < -0.4 is 0 Å². The third-order valence-electron chi connectivity index (χ3n) is 1.42.